The second-order valence-corrected chi connectivity index (χ2v) is 11.9. The van der Waals surface area contributed by atoms with Crippen LogP contribution >= 0.6 is 11.8 Å². The summed E-state index contributed by atoms with van der Waals surface area (Å²) in [6.07, 6.45) is 4.54. The molecule has 0 aromatic heterocycles. The number of rotatable bonds is 4. The molecule has 2 amide bonds. The number of ether oxygens (including phenoxy) is 1. The van der Waals surface area contributed by atoms with Gasteiger partial charge in [-0.2, -0.15) is 0 Å². The fraction of sp³-hybridized carbons (Fsp3) is 0.467. The lowest BCUT2D eigenvalue weighted by Gasteiger charge is -2.46. The van der Waals surface area contributed by atoms with Crippen LogP contribution in [0.15, 0.2) is 53.4 Å². The highest BCUT2D eigenvalue weighted by atomic mass is 32.2. The number of aryl methyl sites for hydroxylation is 1. The topological polar surface area (TPSA) is 53.1 Å². The number of likely N-dealkylation sites (N-methyl/N-ethyl adjacent to an activating group) is 1. The Morgan fingerprint density at radius 3 is 2.62 bits per heavy atom. The van der Waals surface area contributed by atoms with E-state index >= 15 is 0 Å². The van der Waals surface area contributed by atoms with Crippen molar-refractivity contribution < 1.29 is 14.3 Å². The van der Waals surface area contributed by atoms with Crippen LogP contribution in [0.2, 0.25) is 0 Å². The van der Waals surface area contributed by atoms with Gasteiger partial charge in [0.2, 0.25) is 5.91 Å². The summed E-state index contributed by atoms with van der Waals surface area (Å²) in [5.41, 5.74) is 3.45. The Hall–Kier alpha value is -2.93. The largest absolute Gasteiger partial charge is 0.497 e. The predicted molar refractivity (Wildman–Crippen MR) is 151 cm³/mol. The van der Waals surface area contributed by atoms with Crippen LogP contribution in [0, 0.1) is 12.8 Å². The highest BCUT2D eigenvalue weighted by Gasteiger charge is 2.44. The van der Waals surface area contributed by atoms with E-state index in [0.29, 0.717) is 5.25 Å². The van der Waals surface area contributed by atoms with E-state index in [-0.39, 0.29) is 29.8 Å². The minimum atomic E-state index is -0.0147. The smallest absolute Gasteiger partial charge is 0.260 e. The lowest BCUT2D eigenvalue weighted by atomic mass is 9.83. The minimum absolute atomic E-state index is 0.0147. The van der Waals surface area contributed by atoms with Gasteiger partial charge in [-0.1, -0.05) is 29.8 Å². The summed E-state index contributed by atoms with van der Waals surface area (Å²) in [6, 6.07) is 16.8. The van der Waals surface area contributed by atoms with E-state index < -0.39 is 0 Å². The number of benzene rings is 2. The summed E-state index contributed by atoms with van der Waals surface area (Å²) < 4.78 is 5.33. The summed E-state index contributed by atoms with van der Waals surface area (Å²) in [4.78, 5) is 34.0. The lowest BCUT2D eigenvalue weighted by molar-refractivity contribution is -0.139. The molecule has 7 heteroatoms. The number of carbonyl (C=O) groups excluding carboxylic acids is 2. The van der Waals surface area contributed by atoms with Crippen LogP contribution in [-0.4, -0.2) is 72.7 Å². The summed E-state index contributed by atoms with van der Waals surface area (Å²) in [5, 5.41) is 0.320. The standard InChI is InChI=1S/C30H37N3O3S/c1-20-8-11-24(12-9-20)33-15-14-32(19-21(33)2)29(34)23-10-13-27-26(18-23)31(3)30(35)28(37-27)17-22-6-5-7-25(16-22)36-4/h5-9,11-12,16-17,21,23,26-27H,10,13-15,18-19H2,1-4H3/b28-17-. The first-order valence-electron chi connectivity index (χ1n) is 13.3. The normalized spacial score (nSPS) is 27.3. The quantitative estimate of drug-likeness (QED) is 0.542. The molecular formula is C30H37N3O3S. The minimum Gasteiger partial charge on any atom is -0.497 e. The molecule has 2 heterocycles. The Labute approximate surface area is 224 Å². The van der Waals surface area contributed by atoms with Gasteiger partial charge in [0, 0.05) is 55.6 Å². The molecule has 2 aliphatic heterocycles. The van der Waals surface area contributed by atoms with Gasteiger partial charge >= 0.3 is 0 Å². The number of amides is 2. The molecule has 0 radical (unpaired) electrons. The van der Waals surface area contributed by atoms with Crippen molar-refractivity contribution in [1.82, 2.24) is 9.80 Å². The van der Waals surface area contributed by atoms with Gasteiger partial charge in [-0.05, 0) is 69.0 Å². The lowest BCUT2D eigenvalue weighted by Crippen LogP contribution is -2.57. The van der Waals surface area contributed by atoms with Gasteiger partial charge in [0.15, 0.2) is 0 Å². The maximum absolute atomic E-state index is 13.6. The van der Waals surface area contributed by atoms with Crippen LogP contribution in [0.1, 0.15) is 37.3 Å². The zero-order valence-electron chi connectivity index (χ0n) is 22.2. The van der Waals surface area contributed by atoms with Crippen molar-refractivity contribution in [3.05, 3.63) is 64.6 Å². The van der Waals surface area contributed by atoms with Crippen LogP contribution in [-0.2, 0) is 9.59 Å². The van der Waals surface area contributed by atoms with Crippen LogP contribution in [0.25, 0.3) is 6.08 Å². The first-order valence-corrected chi connectivity index (χ1v) is 14.1. The van der Waals surface area contributed by atoms with Gasteiger partial charge in [-0.25, -0.2) is 0 Å². The third-order valence-electron chi connectivity index (χ3n) is 8.11. The molecule has 3 aliphatic rings. The van der Waals surface area contributed by atoms with Gasteiger partial charge in [0.05, 0.1) is 12.0 Å². The van der Waals surface area contributed by atoms with Crippen LogP contribution in [0.5, 0.6) is 5.75 Å². The molecule has 4 atom stereocenters. The number of methoxy groups -OCH3 is 1. The molecule has 2 saturated heterocycles. The molecule has 6 nitrogen and oxygen atoms in total. The molecule has 4 unspecified atom stereocenters. The molecule has 0 bridgehead atoms. The maximum atomic E-state index is 13.6. The second kappa shape index (κ2) is 10.8. The zero-order chi connectivity index (χ0) is 26.1. The number of hydrogen-bond donors (Lipinski definition) is 0. The van der Waals surface area contributed by atoms with Crippen molar-refractivity contribution in [3.63, 3.8) is 0 Å². The monoisotopic (exact) mass is 519 g/mol. The predicted octanol–water partition coefficient (Wildman–Crippen LogP) is 4.82. The molecule has 2 aromatic rings. The fourth-order valence-electron chi connectivity index (χ4n) is 5.94. The summed E-state index contributed by atoms with van der Waals surface area (Å²) in [5.74, 6) is 1.07. The Morgan fingerprint density at radius 2 is 1.89 bits per heavy atom. The van der Waals surface area contributed by atoms with Crippen molar-refractivity contribution in [2.45, 2.75) is 50.4 Å². The third-order valence-corrected chi connectivity index (χ3v) is 9.51. The molecular weight excluding hydrogens is 482 g/mol. The molecule has 5 rings (SSSR count). The highest BCUT2D eigenvalue weighted by molar-refractivity contribution is 8.04. The molecule has 2 aromatic carbocycles. The molecule has 196 valence electrons. The SMILES string of the molecule is COc1cccc(/C=C2\SC3CCC(C(=O)N4CCN(c5ccc(C)cc5)C(C)C4)CC3N(C)C2=O)c1. The Kier molecular flexibility index (Phi) is 7.52. The fourth-order valence-corrected chi connectivity index (χ4v) is 7.42. The number of anilines is 1. The van der Waals surface area contributed by atoms with Crippen molar-refractivity contribution in [3.8, 4) is 5.75 Å². The number of piperazine rings is 1. The van der Waals surface area contributed by atoms with Crippen molar-refractivity contribution in [1.29, 1.82) is 0 Å². The average Bonchev–Trinajstić information content (AvgIpc) is 2.91. The van der Waals surface area contributed by atoms with Crippen LogP contribution in [0.3, 0.4) is 0 Å². The maximum Gasteiger partial charge on any atom is 0.260 e. The van der Waals surface area contributed by atoms with E-state index in [0.717, 1.165) is 55.1 Å². The van der Waals surface area contributed by atoms with Gasteiger partial charge in [-0.15, -0.1) is 11.8 Å². The molecule has 0 N–H and O–H groups in total. The van der Waals surface area contributed by atoms with E-state index in [2.05, 4.69) is 47.9 Å². The Balaban J connectivity index is 1.22. The number of nitrogens with zero attached hydrogens (tertiary/aromatic N) is 3. The highest BCUT2D eigenvalue weighted by Crippen LogP contribution is 2.43. The molecule has 1 aliphatic carbocycles. The van der Waals surface area contributed by atoms with Crippen molar-refractivity contribution >= 4 is 35.3 Å². The summed E-state index contributed by atoms with van der Waals surface area (Å²) in [6.45, 7) is 6.65. The number of fused-ring (bicyclic) bond motifs is 1. The van der Waals surface area contributed by atoms with E-state index in [1.165, 1.54) is 11.3 Å². The van der Waals surface area contributed by atoms with Gasteiger partial charge in [-0.3, -0.25) is 9.59 Å². The van der Waals surface area contributed by atoms with Crippen LogP contribution in [0.4, 0.5) is 5.69 Å². The van der Waals surface area contributed by atoms with Gasteiger partial charge in [0.25, 0.3) is 5.91 Å². The molecule has 1 saturated carbocycles. The Bertz CT molecular complexity index is 1180. The van der Waals surface area contributed by atoms with E-state index in [1.54, 1.807) is 18.9 Å². The molecule has 3 fully saturated rings. The third kappa shape index (κ3) is 5.37. The average molecular weight is 520 g/mol. The Morgan fingerprint density at radius 1 is 1.11 bits per heavy atom. The molecule has 37 heavy (non-hydrogen) atoms. The summed E-state index contributed by atoms with van der Waals surface area (Å²) >= 11 is 1.68. The zero-order valence-corrected chi connectivity index (χ0v) is 23.0. The van der Waals surface area contributed by atoms with E-state index in [1.807, 2.05) is 42.3 Å². The molecule has 0 spiro atoms. The first-order chi connectivity index (χ1) is 17.8. The first kappa shape index (κ1) is 25.7. The second-order valence-electron chi connectivity index (χ2n) is 10.6. The van der Waals surface area contributed by atoms with Crippen molar-refractivity contribution in [2.75, 3.05) is 38.7 Å². The van der Waals surface area contributed by atoms with E-state index in [9.17, 15) is 9.59 Å². The number of thioether (sulfide) groups is 1. The summed E-state index contributed by atoms with van der Waals surface area (Å²) in [7, 11) is 3.55. The van der Waals surface area contributed by atoms with Gasteiger partial charge < -0.3 is 19.4 Å². The number of carbonyl (C=O) groups is 2. The van der Waals surface area contributed by atoms with E-state index in [4.69, 9.17) is 4.74 Å². The van der Waals surface area contributed by atoms with Crippen molar-refractivity contribution in [2.24, 2.45) is 5.92 Å². The number of hydrogen-bond acceptors (Lipinski definition) is 5. The van der Waals surface area contributed by atoms with Gasteiger partial charge in [0.1, 0.15) is 5.75 Å². The van der Waals surface area contributed by atoms with Crippen LogP contribution < -0.4 is 9.64 Å².